The van der Waals surface area contributed by atoms with Crippen molar-refractivity contribution in [3.63, 3.8) is 0 Å². The molecule has 4 heteroatoms. The van der Waals surface area contributed by atoms with Crippen molar-refractivity contribution in [3.8, 4) is 11.1 Å². The van der Waals surface area contributed by atoms with Gasteiger partial charge in [-0.2, -0.15) is 0 Å². The summed E-state index contributed by atoms with van der Waals surface area (Å²) in [5, 5.41) is 6.08. The van der Waals surface area contributed by atoms with Crippen LogP contribution in [0.3, 0.4) is 0 Å². The lowest BCUT2D eigenvalue weighted by Crippen LogP contribution is -2.22. The van der Waals surface area contributed by atoms with Crippen molar-refractivity contribution in [1.82, 2.24) is 10.6 Å². The number of benzene rings is 2. The van der Waals surface area contributed by atoms with Gasteiger partial charge in [-0.15, -0.1) is 0 Å². The summed E-state index contributed by atoms with van der Waals surface area (Å²) in [6.45, 7) is 3.26. The van der Waals surface area contributed by atoms with Crippen LogP contribution in [-0.4, -0.2) is 19.5 Å². The highest BCUT2D eigenvalue weighted by molar-refractivity contribution is 5.75. The topological polar surface area (TPSA) is 67.2 Å². The predicted octanol–water partition coefficient (Wildman–Crippen LogP) is 2.99. The number of carbonyl (C=O) groups excluding carboxylic acids is 1. The van der Waals surface area contributed by atoms with Crippen LogP contribution in [0, 0.1) is 0 Å². The summed E-state index contributed by atoms with van der Waals surface area (Å²) in [4.78, 5) is 11.6. The largest absolute Gasteiger partial charge is 0.352 e. The average molecular weight is 325 g/mol. The van der Waals surface area contributed by atoms with Crippen molar-refractivity contribution in [2.24, 2.45) is 5.73 Å². The van der Waals surface area contributed by atoms with Crippen LogP contribution in [0.4, 0.5) is 0 Å². The maximum Gasteiger partial charge on any atom is 0.219 e. The van der Waals surface area contributed by atoms with Crippen molar-refractivity contribution in [1.29, 1.82) is 0 Å². The van der Waals surface area contributed by atoms with Gasteiger partial charge in [0.1, 0.15) is 0 Å². The zero-order valence-corrected chi connectivity index (χ0v) is 14.5. The molecular formula is C20H27N3O. The summed E-state index contributed by atoms with van der Waals surface area (Å²) >= 11 is 0. The van der Waals surface area contributed by atoms with Crippen molar-refractivity contribution < 1.29 is 4.79 Å². The van der Waals surface area contributed by atoms with Gasteiger partial charge >= 0.3 is 0 Å². The van der Waals surface area contributed by atoms with Gasteiger partial charge < -0.3 is 16.4 Å². The van der Waals surface area contributed by atoms with Gasteiger partial charge in [-0.3, -0.25) is 4.79 Å². The van der Waals surface area contributed by atoms with E-state index >= 15 is 0 Å². The Labute approximate surface area is 144 Å². The molecule has 0 fully saturated rings. The van der Waals surface area contributed by atoms with Gasteiger partial charge in [-0.1, -0.05) is 43.3 Å². The maximum absolute atomic E-state index is 11.6. The molecular weight excluding hydrogens is 298 g/mol. The fourth-order valence-corrected chi connectivity index (χ4v) is 2.62. The molecule has 0 aliphatic carbocycles. The number of carbonyl (C=O) groups is 1. The molecule has 1 amide bonds. The molecule has 0 spiro atoms. The number of hydrogen-bond donors (Lipinski definition) is 3. The Hall–Kier alpha value is -2.17. The van der Waals surface area contributed by atoms with Gasteiger partial charge in [0.2, 0.25) is 5.91 Å². The van der Waals surface area contributed by atoms with E-state index < -0.39 is 0 Å². The lowest BCUT2D eigenvalue weighted by molar-refractivity contribution is -0.120. The first-order valence-corrected chi connectivity index (χ1v) is 8.50. The quantitative estimate of drug-likeness (QED) is 0.699. The van der Waals surface area contributed by atoms with E-state index in [1.807, 2.05) is 32.2 Å². The summed E-state index contributed by atoms with van der Waals surface area (Å²) < 4.78 is 0. The molecule has 0 bridgehead atoms. The molecule has 0 aliphatic heterocycles. The summed E-state index contributed by atoms with van der Waals surface area (Å²) in [6.07, 6.45) is 1.36. The minimum absolute atomic E-state index is 0.0262. The summed E-state index contributed by atoms with van der Waals surface area (Å²) in [6, 6.07) is 16.6. The highest BCUT2D eigenvalue weighted by Gasteiger charge is 2.10. The molecule has 0 saturated carbocycles. The highest BCUT2D eigenvalue weighted by Crippen LogP contribution is 2.25. The van der Waals surface area contributed by atoms with E-state index in [1.54, 1.807) is 0 Å². The Kier molecular flexibility index (Phi) is 6.97. The van der Waals surface area contributed by atoms with Crippen LogP contribution < -0.4 is 16.4 Å². The molecule has 2 aromatic rings. The van der Waals surface area contributed by atoms with Crippen molar-refractivity contribution in [3.05, 3.63) is 59.7 Å². The van der Waals surface area contributed by atoms with Crippen molar-refractivity contribution in [2.45, 2.75) is 32.4 Å². The van der Waals surface area contributed by atoms with E-state index in [1.165, 1.54) is 0 Å². The molecule has 0 aromatic heterocycles. The monoisotopic (exact) mass is 325 g/mol. The van der Waals surface area contributed by atoms with Gasteiger partial charge in [0.25, 0.3) is 0 Å². The first-order valence-electron chi connectivity index (χ1n) is 8.50. The minimum atomic E-state index is -0.0262. The van der Waals surface area contributed by atoms with Gasteiger partial charge in [0.15, 0.2) is 0 Å². The van der Waals surface area contributed by atoms with Crippen LogP contribution in [-0.2, 0) is 11.3 Å². The first-order chi connectivity index (χ1) is 11.6. The zero-order chi connectivity index (χ0) is 17.4. The Bertz CT molecular complexity index is 655. The maximum atomic E-state index is 11.6. The van der Waals surface area contributed by atoms with Crippen LogP contribution >= 0.6 is 0 Å². The van der Waals surface area contributed by atoms with Crippen LogP contribution in [0.15, 0.2) is 48.5 Å². The fraction of sp³-hybridized carbons (Fsp3) is 0.350. The molecule has 2 aromatic carbocycles. The molecule has 0 saturated heterocycles. The average Bonchev–Trinajstić information content (AvgIpc) is 2.64. The summed E-state index contributed by atoms with van der Waals surface area (Å²) in [7, 11) is 1.93. The lowest BCUT2D eigenvalue weighted by atomic mass is 9.95. The standard InChI is InChI=1S/C20H27N3O/c1-3-20(24)23-14-15-11-17(16-7-5-4-6-8-16)13-18(12-15)19(21)9-10-22-2/h4-8,11-13,19,22H,3,9-10,14,21H2,1-2H3,(H,23,24). The second-order valence-electron chi connectivity index (χ2n) is 5.96. The van der Waals surface area contributed by atoms with Crippen LogP contribution in [0.2, 0.25) is 0 Å². The van der Waals surface area contributed by atoms with Crippen molar-refractivity contribution >= 4 is 5.91 Å². The van der Waals surface area contributed by atoms with Crippen LogP contribution in [0.1, 0.15) is 36.9 Å². The predicted molar refractivity (Wildman–Crippen MR) is 99.5 cm³/mol. The number of rotatable bonds is 8. The highest BCUT2D eigenvalue weighted by atomic mass is 16.1. The third kappa shape index (κ3) is 5.18. The Balaban J connectivity index is 2.30. The van der Waals surface area contributed by atoms with Crippen molar-refractivity contribution in [2.75, 3.05) is 13.6 Å². The third-order valence-electron chi connectivity index (χ3n) is 4.07. The number of nitrogens with one attached hydrogen (secondary N) is 2. The first kappa shape index (κ1) is 18.2. The number of hydrogen-bond acceptors (Lipinski definition) is 3. The van der Waals surface area contributed by atoms with E-state index in [0.29, 0.717) is 13.0 Å². The molecule has 4 N–H and O–H groups in total. The SMILES string of the molecule is CCC(=O)NCc1cc(-c2ccccc2)cc(C(N)CCNC)c1. The molecule has 1 atom stereocenters. The normalized spacial score (nSPS) is 12.0. The lowest BCUT2D eigenvalue weighted by Gasteiger charge is -2.16. The Morgan fingerprint density at radius 2 is 1.88 bits per heavy atom. The Morgan fingerprint density at radius 1 is 1.12 bits per heavy atom. The fourth-order valence-electron chi connectivity index (χ4n) is 2.62. The summed E-state index contributed by atoms with van der Waals surface area (Å²) in [5.41, 5.74) is 10.8. The Morgan fingerprint density at radius 3 is 2.54 bits per heavy atom. The molecule has 2 rings (SSSR count). The van der Waals surface area contributed by atoms with E-state index in [-0.39, 0.29) is 11.9 Å². The smallest absolute Gasteiger partial charge is 0.219 e. The van der Waals surface area contributed by atoms with Gasteiger partial charge in [0, 0.05) is 19.0 Å². The summed E-state index contributed by atoms with van der Waals surface area (Å²) in [5.74, 6) is 0.0566. The zero-order valence-electron chi connectivity index (χ0n) is 14.5. The number of nitrogens with two attached hydrogens (primary N) is 1. The molecule has 0 aliphatic rings. The minimum Gasteiger partial charge on any atom is -0.352 e. The van der Waals surface area contributed by atoms with Crippen LogP contribution in [0.25, 0.3) is 11.1 Å². The van der Waals surface area contributed by atoms with E-state index in [4.69, 9.17) is 5.73 Å². The van der Waals surface area contributed by atoms with Crippen LogP contribution in [0.5, 0.6) is 0 Å². The third-order valence-corrected chi connectivity index (χ3v) is 4.07. The van der Waals surface area contributed by atoms with Gasteiger partial charge in [0.05, 0.1) is 0 Å². The molecule has 24 heavy (non-hydrogen) atoms. The molecule has 0 heterocycles. The molecule has 0 radical (unpaired) electrons. The van der Waals surface area contributed by atoms with Gasteiger partial charge in [-0.25, -0.2) is 0 Å². The van der Waals surface area contributed by atoms with E-state index in [2.05, 4.69) is 41.0 Å². The van der Waals surface area contributed by atoms with E-state index in [0.717, 1.165) is 35.2 Å². The number of amides is 1. The van der Waals surface area contributed by atoms with Gasteiger partial charge in [-0.05, 0) is 54.4 Å². The second-order valence-corrected chi connectivity index (χ2v) is 5.96. The van der Waals surface area contributed by atoms with E-state index in [9.17, 15) is 4.79 Å². The molecule has 128 valence electrons. The second kappa shape index (κ2) is 9.21. The molecule has 4 nitrogen and oxygen atoms in total. The molecule has 1 unspecified atom stereocenters.